The molecule has 0 aromatic carbocycles. The third kappa shape index (κ3) is 2.92. The zero-order valence-corrected chi connectivity index (χ0v) is 7.17. The molecule has 0 spiro atoms. The van der Waals surface area contributed by atoms with Crippen molar-refractivity contribution in [2.45, 2.75) is 32.2 Å². The number of aliphatic hydroxyl groups excluding tert-OH is 2. The first-order valence-corrected chi connectivity index (χ1v) is 3.96. The molecule has 6 nitrogen and oxygen atoms in total. The van der Waals surface area contributed by atoms with Crippen LogP contribution < -0.4 is 0 Å². The summed E-state index contributed by atoms with van der Waals surface area (Å²) in [6, 6.07) is 0. The Bertz CT molecular complexity index is 182. The second kappa shape index (κ2) is 4.52. The predicted molar refractivity (Wildman–Crippen MR) is 39.2 cm³/mol. The Hall–Kier alpha value is -0.690. The van der Waals surface area contributed by atoms with Gasteiger partial charge in [-0.2, -0.15) is 0 Å². The van der Waals surface area contributed by atoms with Crippen molar-refractivity contribution in [2.24, 2.45) is 0 Å². The van der Waals surface area contributed by atoms with Gasteiger partial charge in [-0.05, 0) is 0 Å². The van der Waals surface area contributed by atoms with E-state index in [2.05, 4.69) is 14.2 Å². The van der Waals surface area contributed by atoms with Crippen molar-refractivity contribution in [1.29, 1.82) is 0 Å². The maximum atomic E-state index is 10.8. The summed E-state index contributed by atoms with van der Waals surface area (Å²) in [7, 11) is 0. The Kier molecular flexibility index (Phi) is 3.61. The van der Waals surface area contributed by atoms with E-state index in [9.17, 15) is 9.90 Å². The molecule has 3 atom stereocenters. The lowest BCUT2D eigenvalue weighted by Crippen LogP contribution is -2.45. The molecule has 2 N–H and O–H groups in total. The van der Waals surface area contributed by atoms with Crippen LogP contribution in [0.2, 0.25) is 0 Å². The van der Waals surface area contributed by atoms with Crippen LogP contribution in [0.5, 0.6) is 0 Å². The van der Waals surface area contributed by atoms with Crippen LogP contribution in [0.4, 0.5) is 0 Å². The number of esters is 1. The van der Waals surface area contributed by atoms with Crippen LogP contribution in [0.3, 0.4) is 0 Å². The van der Waals surface area contributed by atoms with Gasteiger partial charge in [-0.15, -0.1) is 0 Å². The zero-order chi connectivity index (χ0) is 9.84. The number of hydrogen-bond donors (Lipinski definition) is 2. The van der Waals surface area contributed by atoms with Crippen LogP contribution >= 0.6 is 0 Å². The molecule has 0 aliphatic carbocycles. The van der Waals surface area contributed by atoms with Gasteiger partial charge in [-0.3, -0.25) is 9.53 Å². The molecule has 1 heterocycles. The second-order valence-corrected chi connectivity index (χ2v) is 2.56. The third-order valence-electron chi connectivity index (χ3n) is 1.51. The number of carbonyl (C=O) groups excluding carboxylic acids is 1. The van der Waals surface area contributed by atoms with Gasteiger partial charge >= 0.3 is 5.97 Å². The first-order valence-electron chi connectivity index (χ1n) is 3.96. The lowest BCUT2D eigenvalue weighted by molar-refractivity contribution is -0.374. The maximum absolute atomic E-state index is 10.8. The summed E-state index contributed by atoms with van der Waals surface area (Å²) in [5.41, 5.74) is 0. The molecule has 0 bridgehead atoms. The van der Waals surface area contributed by atoms with Crippen molar-refractivity contribution in [3.8, 4) is 0 Å². The van der Waals surface area contributed by atoms with Crippen LogP contribution in [0.25, 0.3) is 0 Å². The van der Waals surface area contributed by atoms with Gasteiger partial charge in [0.2, 0.25) is 6.29 Å². The quantitative estimate of drug-likeness (QED) is 0.543. The normalized spacial score (nSPS) is 34.2. The van der Waals surface area contributed by atoms with Gasteiger partial charge in [0.1, 0.15) is 6.10 Å². The molecule has 0 amide bonds. The fourth-order valence-corrected chi connectivity index (χ4v) is 0.823. The van der Waals surface area contributed by atoms with Crippen LogP contribution in [0, 0.1) is 0 Å². The average molecular weight is 192 g/mol. The summed E-state index contributed by atoms with van der Waals surface area (Å²) in [6.45, 7) is 0.0471. The molecular formula is C7H12O6. The van der Waals surface area contributed by atoms with E-state index in [4.69, 9.17) is 5.11 Å². The molecule has 3 unspecified atom stereocenters. The Morgan fingerprint density at radius 3 is 2.92 bits per heavy atom. The molecule has 0 radical (unpaired) electrons. The Balaban J connectivity index is 2.41. The molecule has 13 heavy (non-hydrogen) atoms. The SMILES string of the molecule is CCC(=O)OC1OC(O)OCC1O. The lowest BCUT2D eigenvalue weighted by Gasteiger charge is -2.30. The van der Waals surface area contributed by atoms with E-state index in [1.54, 1.807) is 6.92 Å². The molecule has 0 saturated carbocycles. The molecule has 1 aliphatic rings. The number of ether oxygens (including phenoxy) is 3. The van der Waals surface area contributed by atoms with E-state index < -0.39 is 24.8 Å². The van der Waals surface area contributed by atoms with Gasteiger partial charge in [0.25, 0.3) is 6.48 Å². The Morgan fingerprint density at radius 2 is 2.31 bits per heavy atom. The van der Waals surface area contributed by atoms with E-state index >= 15 is 0 Å². The minimum Gasteiger partial charge on any atom is -0.433 e. The Morgan fingerprint density at radius 1 is 1.62 bits per heavy atom. The fraction of sp³-hybridized carbons (Fsp3) is 0.857. The molecule has 1 fully saturated rings. The molecule has 1 rings (SSSR count). The first kappa shape index (κ1) is 10.4. The van der Waals surface area contributed by atoms with Crippen LogP contribution in [-0.2, 0) is 19.0 Å². The summed E-state index contributed by atoms with van der Waals surface area (Å²) in [5.74, 6) is -0.502. The van der Waals surface area contributed by atoms with Crippen molar-refractivity contribution < 1.29 is 29.2 Å². The maximum Gasteiger partial charge on any atom is 0.307 e. The number of hydrogen-bond acceptors (Lipinski definition) is 6. The van der Waals surface area contributed by atoms with Gasteiger partial charge in [0.15, 0.2) is 0 Å². The number of carbonyl (C=O) groups is 1. The second-order valence-electron chi connectivity index (χ2n) is 2.56. The van der Waals surface area contributed by atoms with Crippen molar-refractivity contribution in [1.82, 2.24) is 0 Å². The van der Waals surface area contributed by atoms with Gasteiger partial charge in [0.05, 0.1) is 6.61 Å². The first-order chi connectivity index (χ1) is 6.13. The summed E-state index contributed by atoms with van der Waals surface area (Å²) >= 11 is 0. The highest BCUT2D eigenvalue weighted by Gasteiger charge is 2.32. The van der Waals surface area contributed by atoms with E-state index in [-0.39, 0.29) is 13.0 Å². The van der Waals surface area contributed by atoms with Crippen molar-refractivity contribution in [2.75, 3.05) is 6.61 Å². The summed E-state index contributed by atoms with van der Waals surface area (Å²) in [4.78, 5) is 10.8. The predicted octanol–water partition coefficient (Wildman–Crippen LogP) is -1.05. The van der Waals surface area contributed by atoms with Crippen LogP contribution in [0.15, 0.2) is 0 Å². The molecule has 0 aromatic heterocycles. The van der Waals surface area contributed by atoms with Gasteiger partial charge < -0.3 is 19.7 Å². The van der Waals surface area contributed by atoms with E-state index in [0.717, 1.165) is 0 Å². The van der Waals surface area contributed by atoms with Gasteiger partial charge in [-0.25, -0.2) is 0 Å². The zero-order valence-electron chi connectivity index (χ0n) is 7.17. The third-order valence-corrected chi connectivity index (χ3v) is 1.51. The van der Waals surface area contributed by atoms with Crippen LogP contribution in [-0.4, -0.2) is 41.7 Å². The van der Waals surface area contributed by atoms with Crippen molar-refractivity contribution >= 4 is 5.97 Å². The summed E-state index contributed by atoms with van der Waals surface area (Å²) in [5, 5.41) is 18.0. The fourth-order valence-electron chi connectivity index (χ4n) is 0.823. The topological polar surface area (TPSA) is 85.2 Å². The Labute approximate surface area is 75.0 Å². The van der Waals surface area contributed by atoms with Crippen LogP contribution in [0.1, 0.15) is 13.3 Å². The standard InChI is InChI=1S/C7H12O6/c1-2-5(9)12-6-4(8)3-11-7(10)13-6/h4,6-8,10H,2-3H2,1H3. The summed E-state index contributed by atoms with van der Waals surface area (Å²) in [6.07, 6.45) is -2.01. The highest BCUT2D eigenvalue weighted by Crippen LogP contribution is 2.13. The largest absolute Gasteiger partial charge is 0.433 e. The van der Waals surface area contributed by atoms with E-state index in [1.807, 2.05) is 0 Å². The smallest absolute Gasteiger partial charge is 0.307 e. The summed E-state index contributed by atoms with van der Waals surface area (Å²) < 4.78 is 13.8. The molecule has 6 heteroatoms. The molecular weight excluding hydrogens is 180 g/mol. The molecule has 1 aliphatic heterocycles. The highest BCUT2D eigenvalue weighted by molar-refractivity contribution is 5.69. The van der Waals surface area contributed by atoms with Gasteiger partial charge in [0, 0.05) is 6.42 Å². The minimum absolute atomic E-state index is 0.122. The highest BCUT2D eigenvalue weighted by atomic mass is 16.9. The monoisotopic (exact) mass is 192 g/mol. The molecule has 0 aromatic rings. The number of rotatable bonds is 2. The number of aliphatic hydroxyl groups is 2. The lowest BCUT2D eigenvalue weighted by atomic mass is 10.3. The van der Waals surface area contributed by atoms with E-state index in [1.165, 1.54) is 0 Å². The van der Waals surface area contributed by atoms with E-state index in [0.29, 0.717) is 0 Å². The molecule has 76 valence electrons. The average Bonchev–Trinajstić information content (AvgIpc) is 2.11. The van der Waals surface area contributed by atoms with Crippen molar-refractivity contribution in [3.05, 3.63) is 0 Å². The minimum atomic E-state index is -1.45. The van der Waals surface area contributed by atoms with Gasteiger partial charge in [-0.1, -0.05) is 6.92 Å². The molecule has 1 saturated heterocycles. The van der Waals surface area contributed by atoms with Crippen molar-refractivity contribution in [3.63, 3.8) is 0 Å².